The van der Waals surface area contributed by atoms with Gasteiger partial charge in [-0.05, 0) is 31.2 Å². The highest BCUT2D eigenvalue weighted by atomic mass is 32.1. The number of carbonyl (C=O) groups excluding carboxylic acids is 1. The molecule has 2 aromatic rings. The molecule has 0 saturated heterocycles. The molecule has 0 saturated carbocycles. The SMILES string of the molecule is C[NH+](C)CCNC(=O)Cn1cnc2sc3c(c2c1=O)CCCC3. The molecule has 124 valence electrons. The second kappa shape index (κ2) is 6.80. The van der Waals surface area contributed by atoms with Gasteiger partial charge in [-0.15, -0.1) is 11.3 Å². The van der Waals surface area contributed by atoms with Gasteiger partial charge in [0.25, 0.3) is 5.56 Å². The fourth-order valence-corrected chi connectivity index (χ4v) is 4.18. The highest BCUT2D eigenvalue weighted by Gasteiger charge is 2.20. The first-order valence-corrected chi connectivity index (χ1v) is 8.93. The normalized spacial score (nSPS) is 14.2. The molecule has 0 unspecified atom stereocenters. The van der Waals surface area contributed by atoms with E-state index in [1.54, 1.807) is 11.3 Å². The van der Waals surface area contributed by atoms with Gasteiger partial charge in [0.05, 0.1) is 38.9 Å². The number of likely N-dealkylation sites (N-methyl/N-ethyl adjacent to an activating group) is 1. The molecular formula is C16H23N4O2S+. The van der Waals surface area contributed by atoms with Crippen LogP contribution in [0.3, 0.4) is 0 Å². The van der Waals surface area contributed by atoms with Crippen molar-refractivity contribution < 1.29 is 9.69 Å². The molecule has 0 atom stereocenters. The Morgan fingerprint density at radius 2 is 2.17 bits per heavy atom. The number of nitrogens with one attached hydrogen (secondary N) is 2. The minimum Gasteiger partial charge on any atom is -0.349 e. The number of aryl methyl sites for hydroxylation is 2. The Bertz CT molecular complexity index is 778. The summed E-state index contributed by atoms with van der Waals surface area (Å²) in [5, 5.41) is 3.58. The fraction of sp³-hybridized carbons (Fsp3) is 0.562. The van der Waals surface area contributed by atoms with Gasteiger partial charge in [0.15, 0.2) is 0 Å². The number of nitrogens with zero attached hydrogens (tertiary/aromatic N) is 2. The Labute approximate surface area is 139 Å². The monoisotopic (exact) mass is 335 g/mol. The first-order valence-electron chi connectivity index (χ1n) is 8.11. The Kier molecular flexibility index (Phi) is 4.77. The van der Waals surface area contributed by atoms with Crippen LogP contribution in [0.2, 0.25) is 0 Å². The van der Waals surface area contributed by atoms with Crippen LogP contribution < -0.4 is 15.8 Å². The summed E-state index contributed by atoms with van der Waals surface area (Å²) in [4.78, 5) is 32.5. The lowest BCUT2D eigenvalue weighted by Crippen LogP contribution is -3.06. The minimum atomic E-state index is -0.140. The first-order chi connectivity index (χ1) is 11.1. The largest absolute Gasteiger partial charge is 0.349 e. The average molecular weight is 335 g/mol. The molecular weight excluding hydrogens is 312 g/mol. The van der Waals surface area contributed by atoms with Crippen LogP contribution in [0.1, 0.15) is 23.3 Å². The van der Waals surface area contributed by atoms with Crippen molar-refractivity contribution in [3.63, 3.8) is 0 Å². The smallest absolute Gasteiger partial charge is 0.262 e. The van der Waals surface area contributed by atoms with E-state index in [-0.39, 0.29) is 18.0 Å². The van der Waals surface area contributed by atoms with Gasteiger partial charge in [0.2, 0.25) is 5.91 Å². The van der Waals surface area contributed by atoms with Gasteiger partial charge in [0, 0.05) is 4.88 Å². The van der Waals surface area contributed by atoms with E-state index in [1.807, 2.05) is 14.1 Å². The molecule has 3 rings (SSSR count). The number of carbonyl (C=O) groups is 1. The van der Waals surface area contributed by atoms with Crippen molar-refractivity contribution in [2.45, 2.75) is 32.2 Å². The molecule has 1 amide bonds. The van der Waals surface area contributed by atoms with Crippen molar-refractivity contribution in [2.24, 2.45) is 0 Å². The van der Waals surface area contributed by atoms with Crippen LogP contribution in [0.25, 0.3) is 10.2 Å². The highest BCUT2D eigenvalue weighted by molar-refractivity contribution is 7.18. The topological polar surface area (TPSA) is 68.4 Å². The van der Waals surface area contributed by atoms with Crippen LogP contribution in [-0.2, 0) is 24.2 Å². The molecule has 2 N–H and O–H groups in total. The van der Waals surface area contributed by atoms with Crippen LogP contribution in [0.4, 0.5) is 0 Å². The molecule has 1 aliphatic carbocycles. The van der Waals surface area contributed by atoms with Crippen molar-refractivity contribution in [2.75, 3.05) is 27.2 Å². The van der Waals surface area contributed by atoms with Gasteiger partial charge < -0.3 is 10.2 Å². The van der Waals surface area contributed by atoms with Crippen LogP contribution in [0.5, 0.6) is 0 Å². The van der Waals surface area contributed by atoms with Crippen molar-refractivity contribution in [3.8, 4) is 0 Å². The van der Waals surface area contributed by atoms with E-state index < -0.39 is 0 Å². The average Bonchev–Trinajstić information content (AvgIpc) is 2.89. The number of thiophene rings is 1. The van der Waals surface area contributed by atoms with Gasteiger partial charge in [-0.2, -0.15) is 0 Å². The minimum absolute atomic E-state index is 0.0369. The number of hydrogen-bond acceptors (Lipinski definition) is 4. The van der Waals surface area contributed by atoms with E-state index in [0.717, 1.165) is 36.0 Å². The van der Waals surface area contributed by atoms with Crippen LogP contribution >= 0.6 is 11.3 Å². The van der Waals surface area contributed by atoms with Gasteiger partial charge in [0.1, 0.15) is 11.4 Å². The summed E-state index contributed by atoms with van der Waals surface area (Å²) in [6, 6.07) is 0. The lowest BCUT2D eigenvalue weighted by atomic mass is 9.97. The Balaban J connectivity index is 1.80. The van der Waals surface area contributed by atoms with Gasteiger partial charge in [-0.25, -0.2) is 4.98 Å². The third kappa shape index (κ3) is 3.45. The lowest BCUT2D eigenvalue weighted by molar-refractivity contribution is -0.856. The summed E-state index contributed by atoms with van der Waals surface area (Å²) in [6.45, 7) is 1.50. The molecule has 0 aliphatic heterocycles. The molecule has 0 bridgehead atoms. The predicted molar refractivity (Wildman–Crippen MR) is 91.2 cm³/mol. The number of quaternary nitrogens is 1. The maximum absolute atomic E-state index is 12.7. The third-order valence-electron chi connectivity index (χ3n) is 4.20. The van der Waals surface area contributed by atoms with Crippen molar-refractivity contribution >= 4 is 27.5 Å². The molecule has 7 heteroatoms. The van der Waals surface area contributed by atoms with Crippen LogP contribution in [0.15, 0.2) is 11.1 Å². The number of hydrogen-bond donors (Lipinski definition) is 2. The highest BCUT2D eigenvalue weighted by Crippen LogP contribution is 2.33. The predicted octanol–water partition coefficient (Wildman–Crippen LogP) is -0.402. The van der Waals surface area contributed by atoms with E-state index in [4.69, 9.17) is 0 Å². The Morgan fingerprint density at radius 1 is 1.39 bits per heavy atom. The summed E-state index contributed by atoms with van der Waals surface area (Å²) in [5.41, 5.74) is 1.09. The quantitative estimate of drug-likeness (QED) is 0.781. The van der Waals surface area contributed by atoms with Gasteiger partial charge in [-0.3, -0.25) is 14.2 Å². The third-order valence-corrected chi connectivity index (χ3v) is 5.40. The standard InChI is InChI=1S/C16H22N4O2S/c1-19(2)8-7-17-13(21)9-20-10-18-15-14(16(20)22)11-5-3-4-6-12(11)23-15/h10H,3-9H2,1-2H3,(H,17,21)/p+1. The summed E-state index contributed by atoms with van der Waals surface area (Å²) >= 11 is 1.63. The zero-order chi connectivity index (χ0) is 16.4. The zero-order valence-corrected chi connectivity index (χ0v) is 14.5. The maximum Gasteiger partial charge on any atom is 0.262 e. The molecule has 6 nitrogen and oxygen atoms in total. The summed E-state index contributed by atoms with van der Waals surface area (Å²) in [5.74, 6) is -0.140. The van der Waals surface area contributed by atoms with Crippen LogP contribution in [-0.4, -0.2) is 42.6 Å². The van der Waals surface area contributed by atoms with Crippen molar-refractivity contribution in [3.05, 3.63) is 27.1 Å². The Morgan fingerprint density at radius 3 is 2.96 bits per heavy atom. The van der Waals surface area contributed by atoms with E-state index in [0.29, 0.717) is 6.54 Å². The molecule has 0 radical (unpaired) electrons. The number of fused-ring (bicyclic) bond motifs is 3. The second-order valence-corrected chi connectivity index (χ2v) is 7.46. The first kappa shape index (κ1) is 16.1. The molecule has 2 aromatic heterocycles. The van der Waals surface area contributed by atoms with E-state index in [9.17, 15) is 9.59 Å². The fourth-order valence-electron chi connectivity index (χ4n) is 2.96. The Hall–Kier alpha value is -1.73. The van der Waals surface area contributed by atoms with Crippen molar-refractivity contribution in [1.29, 1.82) is 0 Å². The molecule has 1 aliphatic rings. The molecule has 0 spiro atoms. The summed E-state index contributed by atoms with van der Waals surface area (Å²) in [7, 11) is 4.07. The van der Waals surface area contributed by atoms with Crippen LogP contribution in [0, 0.1) is 0 Å². The van der Waals surface area contributed by atoms with Gasteiger partial charge in [-0.1, -0.05) is 0 Å². The summed E-state index contributed by atoms with van der Waals surface area (Å²) < 4.78 is 1.43. The van der Waals surface area contributed by atoms with E-state index >= 15 is 0 Å². The van der Waals surface area contributed by atoms with E-state index in [1.165, 1.54) is 32.7 Å². The van der Waals surface area contributed by atoms with Crippen molar-refractivity contribution in [1.82, 2.24) is 14.9 Å². The number of rotatable bonds is 5. The molecule has 0 fully saturated rings. The van der Waals surface area contributed by atoms with Gasteiger partial charge >= 0.3 is 0 Å². The number of amides is 1. The molecule has 23 heavy (non-hydrogen) atoms. The van der Waals surface area contributed by atoms with E-state index in [2.05, 4.69) is 10.3 Å². The number of aromatic nitrogens is 2. The summed E-state index contributed by atoms with van der Waals surface area (Å²) in [6.07, 6.45) is 5.81. The molecule has 0 aromatic carbocycles. The maximum atomic E-state index is 12.7. The zero-order valence-electron chi connectivity index (χ0n) is 13.6. The molecule has 2 heterocycles. The second-order valence-electron chi connectivity index (χ2n) is 6.38. The lowest BCUT2D eigenvalue weighted by Gasteiger charge is -2.11.